The normalized spacial score (nSPS) is 12.2. The maximum atomic E-state index is 12.0. The van der Waals surface area contributed by atoms with Crippen molar-refractivity contribution in [1.82, 2.24) is 20.5 Å². The Labute approximate surface area is 176 Å². The number of carbonyl (C=O) groups is 1. The maximum Gasteiger partial charge on any atom is 0.277 e. The van der Waals surface area contributed by atoms with Gasteiger partial charge in [-0.25, -0.2) is 4.98 Å². The Morgan fingerprint density at radius 2 is 2.10 bits per heavy atom. The van der Waals surface area contributed by atoms with Crippen molar-refractivity contribution in [1.29, 1.82) is 0 Å². The molecule has 148 valence electrons. The Morgan fingerprint density at radius 1 is 1.24 bits per heavy atom. The van der Waals surface area contributed by atoms with Crippen molar-refractivity contribution >= 4 is 39.9 Å². The molecule has 0 bridgehead atoms. The quantitative estimate of drug-likeness (QED) is 0.420. The summed E-state index contributed by atoms with van der Waals surface area (Å²) in [6.45, 7) is 4.01. The van der Waals surface area contributed by atoms with Crippen LogP contribution in [0.2, 0.25) is 0 Å². The lowest BCUT2D eigenvalue weighted by Gasteiger charge is -2.09. The van der Waals surface area contributed by atoms with Gasteiger partial charge in [0.05, 0.1) is 27.4 Å². The third kappa shape index (κ3) is 4.49. The van der Waals surface area contributed by atoms with Crippen LogP contribution in [-0.2, 0) is 4.79 Å². The van der Waals surface area contributed by atoms with Crippen molar-refractivity contribution in [3.63, 3.8) is 0 Å². The molecule has 0 aliphatic heterocycles. The van der Waals surface area contributed by atoms with E-state index in [9.17, 15) is 4.79 Å². The number of nitrogens with zero attached hydrogens (tertiary/aromatic N) is 3. The summed E-state index contributed by atoms with van der Waals surface area (Å²) >= 11 is 2.87. The Hall–Kier alpha value is -2.71. The molecule has 4 aromatic rings. The van der Waals surface area contributed by atoms with Gasteiger partial charge in [0.15, 0.2) is 0 Å². The van der Waals surface area contributed by atoms with Gasteiger partial charge in [0.1, 0.15) is 0 Å². The number of pyridine rings is 1. The number of amides is 1. The number of rotatable bonds is 7. The molecule has 6 nitrogen and oxygen atoms in total. The third-order valence-corrected chi connectivity index (χ3v) is 6.18. The molecule has 1 aromatic carbocycles. The van der Waals surface area contributed by atoms with Crippen LogP contribution in [0.4, 0.5) is 0 Å². The van der Waals surface area contributed by atoms with Crippen LogP contribution in [0.5, 0.6) is 0 Å². The number of thiophene rings is 1. The fourth-order valence-corrected chi connectivity index (χ4v) is 4.09. The van der Waals surface area contributed by atoms with Gasteiger partial charge in [0.25, 0.3) is 5.22 Å². The molecular weight excluding hydrogens is 404 g/mol. The number of carbonyl (C=O) groups excluding carboxylic acids is 1. The Bertz CT molecular complexity index is 1120. The number of thioether (sulfide) groups is 1. The molecule has 0 aliphatic carbocycles. The maximum absolute atomic E-state index is 12.0. The van der Waals surface area contributed by atoms with Gasteiger partial charge in [-0.15, -0.1) is 21.5 Å². The molecule has 0 unspecified atom stereocenters. The minimum absolute atomic E-state index is 0.0431. The number of para-hydroxylation sites is 1. The predicted octanol–water partition coefficient (Wildman–Crippen LogP) is 5.02. The molecule has 0 aliphatic rings. The van der Waals surface area contributed by atoms with E-state index in [4.69, 9.17) is 9.40 Å². The van der Waals surface area contributed by atoms with Crippen LogP contribution in [0, 0.1) is 0 Å². The molecule has 1 atom stereocenters. The van der Waals surface area contributed by atoms with Crippen molar-refractivity contribution < 1.29 is 9.21 Å². The zero-order chi connectivity index (χ0) is 20.2. The molecule has 3 aromatic heterocycles. The minimum Gasteiger partial charge on any atom is -0.411 e. The highest BCUT2D eigenvalue weighted by atomic mass is 32.2. The second-order valence-corrected chi connectivity index (χ2v) is 8.46. The number of nitrogens with one attached hydrogen (secondary N) is 1. The zero-order valence-electron chi connectivity index (χ0n) is 16.1. The fourth-order valence-electron chi connectivity index (χ4n) is 2.83. The molecule has 1 amide bonds. The minimum atomic E-state index is -0.0431. The lowest BCUT2D eigenvalue weighted by molar-refractivity contribution is -0.119. The summed E-state index contributed by atoms with van der Waals surface area (Å²) in [5.41, 5.74) is 2.57. The van der Waals surface area contributed by atoms with Gasteiger partial charge in [0, 0.05) is 11.4 Å². The van der Waals surface area contributed by atoms with Gasteiger partial charge >= 0.3 is 0 Å². The van der Waals surface area contributed by atoms with E-state index in [0.29, 0.717) is 11.1 Å². The van der Waals surface area contributed by atoms with Gasteiger partial charge in [-0.3, -0.25) is 4.79 Å². The number of hydrogen-bond acceptors (Lipinski definition) is 7. The fraction of sp³-hybridized carbons (Fsp3) is 0.238. The molecule has 0 spiro atoms. The molecule has 0 radical (unpaired) electrons. The first-order chi connectivity index (χ1) is 14.1. The number of benzene rings is 1. The van der Waals surface area contributed by atoms with E-state index in [1.54, 1.807) is 11.3 Å². The smallest absolute Gasteiger partial charge is 0.277 e. The van der Waals surface area contributed by atoms with Crippen LogP contribution in [0.1, 0.15) is 20.3 Å². The molecule has 4 rings (SSSR count). The van der Waals surface area contributed by atoms with E-state index in [1.807, 2.05) is 61.7 Å². The molecule has 29 heavy (non-hydrogen) atoms. The topological polar surface area (TPSA) is 80.9 Å². The summed E-state index contributed by atoms with van der Waals surface area (Å²) in [5.74, 6) is 0.619. The van der Waals surface area contributed by atoms with Gasteiger partial charge in [0.2, 0.25) is 11.8 Å². The van der Waals surface area contributed by atoms with E-state index >= 15 is 0 Å². The summed E-state index contributed by atoms with van der Waals surface area (Å²) in [5, 5.41) is 14.6. The monoisotopic (exact) mass is 424 g/mol. The highest BCUT2D eigenvalue weighted by Crippen LogP contribution is 2.33. The van der Waals surface area contributed by atoms with E-state index < -0.39 is 0 Å². The summed E-state index contributed by atoms with van der Waals surface area (Å²) < 4.78 is 5.87. The van der Waals surface area contributed by atoms with Gasteiger partial charge in [-0.05, 0) is 36.9 Å². The highest BCUT2D eigenvalue weighted by Gasteiger charge is 2.16. The van der Waals surface area contributed by atoms with E-state index in [1.165, 1.54) is 11.8 Å². The first-order valence-electron chi connectivity index (χ1n) is 9.33. The SMILES string of the molecule is CC[C@H](C)NC(=O)CSc1nnc(-c2cc(-c3cccs3)nc3ccccc23)o1. The van der Waals surface area contributed by atoms with Crippen LogP contribution in [0.25, 0.3) is 32.9 Å². The largest absolute Gasteiger partial charge is 0.411 e. The Balaban J connectivity index is 1.61. The Morgan fingerprint density at radius 3 is 2.90 bits per heavy atom. The summed E-state index contributed by atoms with van der Waals surface area (Å²) in [6.07, 6.45) is 0.892. The standard InChI is InChI=1S/C21H20N4O2S2/c1-3-13(2)22-19(26)12-29-21-25-24-20(27-21)15-11-17(18-9-6-10-28-18)23-16-8-5-4-7-14(15)16/h4-11,13H,3,12H2,1-2H3,(H,22,26)/t13-/m0/s1. The van der Waals surface area contributed by atoms with Crippen molar-refractivity contribution in [2.45, 2.75) is 31.5 Å². The first kappa shape index (κ1) is 19.6. The van der Waals surface area contributed by atoms with Gasteiger partial charge < -0.3 is 9.73 Å². The van der Waals surface area contributed by atoms with Crippen molar-refractivity contribution in [3.05, 3.63) is 47.8 Å². The zero-order valence-corrected chi connectivity index (χ0v) is 17.7. The molecule has 0 saturated heterocycles. The van der Waals surface area contributed by atoms with Crippen LogP contribution in [0.15, 0.2) is 57.5 Å². The van der Waals surface area contributed by atoms with E-state index in [0.717, 1.165) is 33.5 Å². The van der Waals surface area contributed by atoms with Crippen LogP contribution < -0.4 is 5.32 Å². The summed E-state index contributed by atoms with van der Waals surface area (Å²) in [4.78, 5) is 17.8. The molecule has 0 saturated carbocycles. The predicted molar refractivity (Wildman–Crippen MR) is 117 cm³/mol. The third-order valence-electron chi connectivity index (χ3n) is 4.47. The summed E-state index contributed by atoms with van der Waals surface area (Å²) in [6, 6.07) is 14.1. The molecule has 8 heteroatoms. The lowest BCUT2D eigenvalue weighted by Crippen LogP contribution is -2.33. The van der Waals surface area contributed by atoms with Crippen LogP contribution in [-0.4, -0.2) is 32.9 Å². The van der Waals surface area contributed by atoms with E-state index in [-0.39, 0.29) is 17.7 Å². The number of aromatic nitrogens is 3. The highest BCUT2D eigenvalue weighted by molar-refractivity contribution is 7.99. The van der Waals surface area contributed by atoms with Crippen LogP contribution >= 0.6 is 23.1 Å². The molecule has 0 fully saturated rings. The summed E-state index contributed by atoms with van der Waals surface area (Å²) in [7, 11) is 0. The average molecular weight is 425 g/mol. The second-order valence-electron chi connectivity index (χ2n) is 6.59. The second kappa shape index (κ2) is 8.75. The first-order valence-corrected chi connectivity index (χ1v) is 11.2. The van der Waals surface area contributed by atoms with Crippen molar-refractivity contribution in [2.24, 2.45) is 0 Å². The lowest BCUT2D eigenvalue weighted by atomic mass is 10.1. The molecular formula is C21H20N4O2S2. The Kier molecular flexibility index (Phi) is 5.92. The van der Waals surface area contributed by atoms with Gasteiger partial charge in [-0.1, -0.05) is 43.0 Å². The van der Waals surface area contributed by atoms with Crippen molar-refractivity contribution in [2.75, 3.05) is 5.75 Å². The number of hydrogen-bond donors (Lipinski definition) is 1. The molecule has 3 heterocycles. The van der Waals surface area contributed by atoms with Crippen molar-refractivity contribution in [3.8, 4) is 22.0 Å². The average Bonchev–Trinajstić information content (AvgIpc) is 3.43. The van der Waals surface area contributed by atoms with Gasteiger partial charge in [-0.2, -0.15) is 0 Å². The van der Waals surface area contributed by atoms with Crippen LogP contribution in [0.3, 0.4) is 0 Å². The molecule has 1 N–H and O–H groups in total. The number of fused-ring (bicyclic) bond motifs is 1. The van der Waals surface area contributed by atoms with E-state index in [2.05, 4.69) is 15.5 Å².